The lowest BCUT2D eigenvalue weighted by Crippen LogP contribution is -2.49. The molecule has 7 nitrogen and oxygen atoms in total. The molecule has 0 bridgehead atoms. The molecule has 0 radical (unpaired) electrons. The second-order valence-corrected chi connectivity index (χ2v) is 5.87. The highest BCUT2D eigenvalue weighted by Gasteiger charge is 2.33. The van der Waals surface area contributed by atoms with E-state index in [4.69, 9.17) is 15.0 Å². The monoisotopic (exact) mass is 368 g/mol. The van der Waals surface area contributed by atoms with Crippen LogP contribution in [0.4, 0.5) is 0 Å². The second-order valence-electron chi connectivity index (χ2n) is 5.87. The number of hydrogen-bond acceptors (Lipinski definition) is 6. The molecule has 1 heterocycles. The summed E-state index contributed by atoms with van der Waals surface area (Å²) >= 11 is 0. The van der Waals surface area contributed by atoms with E-state index in [9.17, 15) is 4.79 Å². The molecule has 1 aromatic carbocycles. The van der Waals surface area contributed by atoms with Crippen LogP contribution >= 0.6 is 12.4 Å². The van der Waals surface area contributed by atoms with Gasteiger partial charge in [0.15, 0.2) is 5.82 Å². The number of ether oxygens (including phenoxy) is 1. The molecule has 2 N–H and O–H groups in total. The van der Waals surface area contributed by atoms with Gasteiger partial charge in [0.05, 0.1) is 6.54 Å². The highest BCUT2D eigenvalue weighted by atomic mass is 35.5. The first-order valence-electron chi connectivity index (χ1n) is 7.90. The van der Waals surface area contributed by atoms with Crippen LogP contribution in [0.25, 0.3) is 0 Å². The van der Waals surface area contributed by atoms with E-state index in [1.165, 1.54) is 4.90 Å². The molecule has 8 heteroatoms. The summed E-state index contributed by atoms with van der Waals surface area (Å²) in [6.07, 6.45) is -0.252. The van der Waals surface area contributed by atoms with Gasteiger partial charge < -0.3 is 19.9 Å². The second kappa shape index (κ2) is 8.94. The van der Waals surface area contributed by atoms with E-state index in [0.29, 0.717) is 18.3 Å². The van der Waals surface area contributed by atoms with Gasteiger partial charge in [0.25, 0.3) is 0 Å². The third kappa shape index (κ3) is 5.01. The minimum atomic E-state index is -1.13. The highest BCUT2D eigenvalue weighted by molar-refractivity contribution is 5.86. The van der Waals surface area contributed by atoms with Crippen molar-refractivity contribution in [2.24, 2.45) is 5.73 Å². The molecule has 1 amide bonds. The number of nitrogens with two attached hydrogens (primary N) is 1. The van der Waals surface area contributed by atoms with Crippen LogP contribution in [-0.4, -0.2) is 34.6 Å². The van der Waals surface area contributed by atoms with Crippen LogP contribution in [-0.2, 0) is 21.6 Å². The number of aromatic nitrogens is 2. The van der Waals surface area contributed by atoms with Crippen LogP contribution in [0.2, 0.25) is 0 Å². The van der Waals surface area contributed by atoms with E-state index in [1.807, 2.05) is 44.2 Å². The van der Waals surface area contributed by atoms with Crippen LogP contribution in [0.5, 0.6) is 0 Å². The van der Waals surface area contributed by atoms with Gasteiger partial charge in [-0.05, 0) is 26.3 Å². The van der Waals surface area contributed by atoms with Gasteiger partial charge in [0.1, 0.15) is 11.6 Å². The Labute approximate surface area is 153 Å². The average Bonchev–Trinajstić information content (AvgIpc) is 3.03. The van der Waals surface area contributed by atoms with E-state index in [2.05, 4.69) is 10.1 Å². The SMILES string of the molecule is CCOC(C)c1noc(CN(C)C(=O)C(C)(N)c2ccccc2)n1.Cl. The molecule has 0 aliphatic heterocycles. The zero-order valence-corrected chi connectivity index (χ0v) is 15.7. The standard InChI is InChI=1S/C17H24N4O3.ClH/c1-5-23-12(2)15-19-14(24-20-15)11-21(4)16(22)17(3,18)13-9-7-6-8-10-13;/h6-10,12H,5,11,18H2,1-4H3;1H. The maximum absolute atomic E-state index is 12.7. The largest absolute Gasteiger partial charge is 0.371 e. The topological polar surface area (TPSA) is 94.5 Å². The lowest BCUT2D eigenvalue weighted by atomic mass is 9.92. The lowest BCUT2D eigenvalue weighted by Gasteiger charge is -2.28. The van der Waals surface area contributed by atoms with Crippen LogP contribution < -0.4 is 5.73 Å². The maximum atomic E-state index is 12.7. The van der Waals surface area contributed by atoms with Crippen molar-refractivity contribution >= 4 is 18.3 Å². The van der Waals surface area contributed by atoms with Crippen LogP contribution in [0.3, 0.4) is 0 Å². The van der Waals surface area contributed by atoms with Crippen molar-refractivity contribution in [3.8, 4) is 0 Å². The molecule has 25 heavy (non-hydrogen) atoms. The number of carbonyl (C=O) groups is 1. The number of rotatable bonds is 7. The fourth-order valence-electron chi connectivity index (χ4n) is 2.40. The number of amides is 1. The molecule has 0 aliphatic carbocycles. The fraction of sp³-hybridized carbons (Fsp3) is 0.471. The molecule has 2 unspecified atom stereocenters. The Morgan fingerprint density at radius 3 is 2.64 bits per heavy atom. The molecular weight excluding hydrogens is 344 g/mol. The van der Waals surface area contributed by atoms with E-state index < -0.39 is 5.54 Å². The van der Waals surface area contributed by atoms with E-state index in [-0.39, 0.29) is 31.0 Å². The van der Waals surface area contributed by atoms with Gasteiger partial charge >= 0.3 is 0 Å². The summed E-state index contributed by atoms with van der Waals surface area (Å²) in [4.78, 5) is 18.4. The molecule has 2 aromatic rings. The Morgan fingerprint density at radius 2 is 2.04 bits per heavy atom. The molecule has 0 aliphatic rings. The number of nitrogens with zero attached hydrogens (tertiary/aromatic N) is 3. The van der Waals surface area contributed by atoms with Crippen molar-refractivity contribution in [1.29, 1.82) is 0 Å². The third-order valence-electron chi connectivity index (χ3n) is 3.80. The highest BCUT2D eigenvalue weighted by Crippen LogP contribution is 2.21. The fourth-order valence-corrected chi connectivity index (χ4v) is 2.40. The summed E-state index contributed by atoms with van der Waals surface area (Å²) in [5, 5.41) is 3.89. The van der Waals surface area contributed by atoms with Crippen molar-refractivity contribution in [3.63, 3.8) is 0 Å². The normalized spacial score (nSPS) is 14.3. The van der Waals surface area contributed by atoms with E-state index >= 15 is 0 Å². The van der Waals surface area contributed by atoms with Gasteiger partial charge in [-0.15, -0.1) is 12.4 Å². The van der Waals surface area contributed by atoms with E-state index in [1.54, 1.807) is 14.0 Å². The molecule has 2 rings (SSSR count). The number of benzene rings is 1. The van der Waals surface area contributed by atoms with Crippen molar-refractivity contribution in [2.75, 3.05) is 13.7 Å². The van der Waals surface area contributed by atoms with Crippen molar-refractivity contribution < 1.29 is 14.1 Å². The van der Waals surface area contributed by atoms with Gasteiger partial charge in [-0.25, -0.2) is 0 Å². The summed E-state index contributed by atoms with van der Waals surface area (Å²) in [5.74, 6) is 0.578. The van der Waals surface area contributed by atoms with Crippen molar-refractivity contribution in [2.45, 2.75) is 39.0 Å². The number of carbonyl (C=O) groups excluding carboxylic acids is 1. The average molecular weight is 369 g/mol. The molecule has 0 spiro atoms. The Morgan fingerprint density at radius 1 is 1.40 bits per heavy atom. The van der Waals surface area contributed by atoms with Crippen LogP contribution in [0.15, 0.2) is 34.9 Å². The first-order valence-corrected chi connectivity index (χ1v) is 7.90. The minimum Gasteiger partial charge on any atom is -0.371 e. The Balaban J connectivity index is 0.00000312. The number of likely N-dealkylation sites (N-methyl/N-ethyl adjacent to an activating group) is 1. The predicted molar refractivity (Wildman–Crippen MR) is 96.0 cm³/mol. The number of hydrogen-bond donors (Lipinski definition) is 1. The first-order chi connectivity index (χ1) is 11.4. The van der Waals surface area contributed by atoms with Gasteiger partial charge in [-0.1, -0.05) is 35.5 Å². The van der Waals surface area contributed by atoms with Gasteiger partial charge in [0, 0.05) is 13.7 Å². The molecular formula is C17H25ClN4O3. The minimum absolute atomic E-state index is 0. The molecule has 1 aromatic heterocycles. The molecule has 138 valence electrons. The Hall–Kier alpha value is -1.96. The quantitative estimate of drug-likeness (QED) is 0.806. The maximum Gasteiger partial charge on any atom is 0.247 e. The third-order valence-corrected chi connectivity index (χ3v) is 3.80. The van der Waals surface area contributed by atoms with Gasteiger partial charge in [-0.2, -0.15) is 4.98 Å². The molecule has 0 saturated carbocycles. The molecule has 0 fully saturated rings. The van der Waals surface area contributed by atoms with Crippen LogP contribution in [0, 0.1) is 0 Å². The Kier molecular flexibility index (Phi) is 7.54. The zero-order chi connectivity index (χ0) is 17.7. The summed E-state index contributed by atoms with van der Waals surface area (Å²) in [7, 11) is 1.66. The Bertz CT molecular complexity index is 676. The van der Waals surface area contributed by atoms with Crippen molar-refractivity contribution in [1.82, 2.24) is 15.0 Å². The smallest absolute Gasteiger partial charge is 0.247 e. The summed E-state index contributed by atoms with van der Waals surface area (Å²) in [6, 6.07) is 9.26. The van der Waals surface area contributed by atoms with Gasteiger partial charge in [-0.3, -0.25) is 4.79 Å². The summed E-state index contributed by atoms with van der Waals surface area (Å²) in [6.45, 7) is 6.18. The molecule has 2 atom stereocenters. The summed E-state index contributed by atoms with van der Waals surface area (Å²) in [5.41, 5.74) is 5.87. The van der Waals surface area contributed by atoms with Crippen LogP contribution in [0.1, 0.15) is 44.2 Å². The first kappa shape index (κ1) is 21.1. The zero-order valence-electron chi connectivity index (χ0n) is 14.9. The summed E-state index contributed by atoms with van der Waals surface area (Å²) < 4.78 is 10.6. The van der Waals surface area contributed by atoms with E-state index in [0.717, 1.165) is 5.56 Å². The van der Waals surface area contributed by atoms with Gasteiger partial charge in [0.2, 0.25) is 11.8 Å². The molecule has 0 saturated heterocycles. The van der Waals surface area contributed by atoms with Crippen molar-refractivity contribution in [3.05, 3.63) is 47.6 Å². The lowest BCUT2D eigenvalue weighted by molar-refractivity contribution is -0.136. The predicted octanol–water partition coefficient (Wildman–Crippen LogP) is 2.42. The number of halogens is 1.